The monoisotopic (exact) mass is 1470 g/mol. The smallest absolute Gasteiger partial charge is 0.462 e. The summed E-state index contributed by atoms with van der Waals surface area (Å²) in [5.41, 5.74) is 0. The maximum absolute atomic E-state index is 13.1. The minimum atomic E-state index is -4.96. The van der Waals surface area contributed by atoms with Gasteiger partial charge in [0.05, 0.1) is 26.4 Å². The van der Waals surface area contributed by atoms with Crippen LogP contribution in [0, 0.1) is 11.8 Å². The number of esters is 4. The summed E-state index contributed by atoms with van der Waals surface area (Å²) < 4.78 is 68.7. The highest BCUT2D eigenvalue weighted by molar-refractivity contribution is 7.47. The number of rotatable bonds is 80. The van der Waals surface area contributed by atoms with Gasteiger partial charge in [-0.25, -0.2) is 9.13 Å². The Bertz CT molecular complexity index is 1930. The predicted octanol–water partition coefficient (Wildman–Crippen LogP) is 24.3. The molecule has 0 aliphatic rings. The lowest BCUT2D eigenvalue weighted by atomic mass is 9.99. The lowest BCUT2D eigenvalue weighted by Crippen LogP contribution is -2.30. The lowest BCUT2D eigenvalue weighted by molar-refractivity contribution is -0.161. The number of carbonyl (C=O) groups is 4. The normalized spacial score (nSPS) is 14.2. The molecule has 3 unspecified atom stereocenters. The van der Waals surface area contributed by atoms with E-state index in [0.717, 1.165) is 102 Å². The first-order valence-corrected chi connectivity index (χ1v) is 45.0. The summed E-state index contributed by atoms with van der Waals surface area (Å²) in [6, 6.07) is 0. The molecular weight excluding hydrogens is 1310 g/mol. The molecule has 0 amide bonds. The van der Waals surface area contributed by atoms with Gasteiger partial charge >= 0.3 is 39.5 Å². The van der Waals surface area contributed by atoms with Crippen LogP contribution in [-0.2, 0) is 65.4 Å². The maximum atomic E-state index is 13.1. The molecule has 0 spiro atoms. The summed E-state index contributed by atoms with van der Waals surface area (Å²) in [6.07, 6.45) is 62.4. The highest BCUT2D eigenvalue weighted by Crippen LogP contribution is 2.45. The Morgan fingerprint density at radius 2 is 0.510 bits per heavy atom. The maximum Gasteiger partial charge on any atom is 0.472 e. The van der Waals surface area contributed by atoms with Crippen LogP contribution in [0.15, 0.2) is 0 Å². The minimum absolute atomic E-state index is 0.106. The summed E-state index contributed by atoms with van der Waals surface area (Å²) in [7, 11) is -9.92. The average molecular weight is 1470 g/mol. The average Bonchev–Trinajstić information content (AvgIpc) is 0.924. The van der Waals surface area contributed by atoms with Crippen molar-refractivity contribution in [3.8, 4) is 0 Å². The van der Waals surface area contributed by atoms with Crippen LogP contribution in [0.4, 0.5) is 0 Å². The summed E-state index contributed by atoms with van der Waals surface area (Å²) >= 11 is 0. The molecule has 100 heavy (non-hydrogen) atoms. The van der Waals surface area contributed by atoms with Crippen LogP contribution >= 0.6 is 15.6 Å². The van der Waals surface area contributed by atoms with E-state index in [1.165, 1.54) is 244 Å². The summed E-state index contributed by atoms with van der Waals surface area (Å²) in [6.45, 7) is 9.67. The van der Waals surface area contributed by atoms with Gasteiger partial charge in [-0.2, -0.15) is 0 Å². The molecule has 594 valence electrons. The van der Waals surface area contributed by atoms with E-state index >= 15 is 0 Å². The number of hydrogen-bond donors (Lipinski definition) is 3. The van der Waals surface area contributed by atoms with Crippen molar-refractivity contribution >= 4 is 39.5 Å². The number of carbonyl (C=O) groups excluding carboxylic acids is 4. The largest absolute Gasteiger partial charge is 0.472 e. The van der Waals surface area contributed by atoms with E-state index in [-0.39, 0.29) is 25.7 Å². The van der Waals surface area contributed by atoms with Gasteiger partial charge in [0.2, 0.25) is 0 Å². The standard InChI is InChI=1S/C81H158O17P2/c1-7-10-12-14-16-18-20-21-22-28-31-34-40-46-52-58-64-79(84)92-70-76(97-80(85)65-59-53-47-41-35-32-29-26-24-23-25-27-30-33-38-44-50-56-62-74(6)9-3)71-95-99(87,88)93-67-75(82)68-94-100(89,90)96-72-77(69-91-78(83)63-57-51-45-39-19-17-15-13-11-8-2)98-81(86)66-60-54-48-42-36-37-43-49-55-61-73(4)5/h73-77,82H,7-72H2,1-6H3,(H,87,88)(H,89,90)/t74?,75-,76-,77-/m1/s1. The van der Waals surface area contributed by atoms with Crippen molar-refractivity contribution in [1.29, 1.82) is 0 Å². The van der Waals surface area contributed by atoms with Crippen molar-refractivity contribution in [3.05, 3.63) is 0 Å². The molecule has 0 aliphatic carbocycles. The first kappa shape index (κ1) is 98.1. The van der Waals surface area contributed by atoms with Crippen molar-refractivity contribution in [1.82, 2.24) is 0 Å². The molecule has 0 radical (unpaired) electrons. The lowest BCUT2D eigenvalue weighted by Gasteiger charge is -2.21. The number of phosphoric ester groups is 2. The second kappa shape index (κ2) is 72.6. The fourth-order valence-corrected chi connectivity index (χ4v) is 14.1. The van der Waals surface area contributed by atoms with Crippen LogP contribution in [0.2, 0.25) is 0 Å². The zero-order valence-electron chi connectivity index (χ0n) is 65.5. The Labute approximate surface area is 613 Å². The number of aliphatic hydroxyl groups is 1. The van der Waals surface area contributed by atoms with Gasteiger partial charge in [0.15, 0.2) is 12.2 Å². The van der Waals surface area contributed by atoms with Gasteiger partial charge in [0, 0.05) is 25.7 Å². The third kappa shape index (κ3) is 73.0. The van der Waals surface area contributed by atoms with Gasteiger partial charge in [-0.15, -0.1) is 0 Å². The molecule has 0 rings (SSSR count). The van der Waals surface area contributed by atoms with E-state index in [9.17, 15) is 43.2 Å². The van der Waals surface area contributed by atoms with E-state index < -0.39 is 97.5 Å². The molecular formula is C81H158O17P2. The topological polar surface area (TPSA) is 237 Å². The molecule has 0 aliphatic heterocycles. The molecule has 0 saturated carbocycles. The number of phosphoric acid groups is 2. The number of unbranched alkanes of at least 4 members (excludes halogenated alkanes) is 49. The highest BCUT2D eigenvalue weighted by Gasteiger charge is 2.30. The summed E-state index contributed by atoms with van der Waals surface area (Å²) in [5, 5.41) is 10.6. The SMILES string of the molecule is CCCCCCCCCCCCCCCCCCC(=O)OC[C@H](COP(=O)(O)OC[C@@H](O)COP(=O)(O)OC[C@@H](COC(=O)CCCCCCCCCCCC)OC(=O)CCCCCCCCCCCC(C)C)OC(=O)CCCCCCCCCCCCCCCCCCCCC(C)CC. The van der Waals surface area contributed by atoms with Crippen molar-refractivity contribution in [2.24, 2.45) is 11.8 Å². The van der Waals surface area contributed by atoms with Gasteiger partial charge in [-0.1, -0.05) is 375 Å². The molecule has 0 bridgehead atoms. The van der Waals surface area contributed by atoms with Crippen LogP contribution in [0.3, 0.4) is 0 Å². The fraction of sp³-hybridized carbons (Fsp3) is 0.951. The van der Waals surface area contributed by atoms with E-state index in [0.29, 0.717) is 25.7 Å². The number of hydrogen-bond acceptors (Lipinski definition) is 15. The number of aliphatic hydroxyl groups excluding tert-OH is 1. The second-order valence-electron chi connectivity index (χ2n) is 29.9. The van der Waals surface area contributed by atoms with Crippen LogP contribution in [0.5, 0.6) is 0 Å². The Kier molecular flexibility index (Phi) is 71.2. The molecule has 0 aromatic carbocycles. The van der Waals surface area contributed by atoms with Gasteiger partial charge in [0.1, 0.15) is 19.3 Å². The zero-order valence-corrected chi connectivity index (χ0v) is 67.3. The van der Waals surface area contributed by atoms with E-state index in [1.807, 2.05) is 0 Å². The van der Waals surface area contributed by atoms with Gasteiger partial charge in [0.25, 0.3) is 0 Å². The molecule has 0 heterocycles. The second-order valence-corrected chi connectivity index (χ2v) is 32.8. The highest BCUT2D eigenvalue weighted by atomic mass is 31.2. The van der Waals surface area contributed by atoms with Crippen LogP contribution < -0.4 is 0 Å². The summed E-state index contributed by atoms with van der Waals surface area (Å²) in [4.78, 5) is 73.0. The quantitative estimate of drug-likeness (QED) is 0.0222. The summed E-state index contributed by atoms with van der Waals surface area (Å²) in [5.74, 6) is -0.502. The molecule has 0 fully saturated rings. The fourth-order valence-electron chi connectivity index (χ4n) is 12.5. The van der Waals surface area contributed by atoms with Crippen LogP contribution in [0.25, 0.3) is 0 Å². The molecule has 6 atom stereocenters. The van der Waals surface area contributed by atoms with E-state index in [1.54, 1.807) is 0 Å². The molecule has 0 aromatic heterocycles. The molecule has 17 nitrogen and oxygen atoms in total. The Balaban J connectivity index is 5.20. The molecule has 0 saturated heterocycles. The van der Waals surface area contributed by atoms with Gasteiger partial charge in [-0.3, -0.25) is 37.3 Å². The Morgan fingerprint density at radius 1 is 0.290 bits per heavy atom. The third-order valence-corrected chi connectivity index (χ3v) is 21.2. The van der Waals surface area contributed by atoms with E-state index in [2.05, 4.69) is 41.5 Å². The minimum Gasteiger partial charge on any atom is -0.462 e. The molecule has 3 N–H and O–H groups in total. The van der Waals surface area contributed by atoms with Crippen molar-refractivity contribution < 1.29 is 80.2 Å². The predicted molar refractivity (Wildman–Crippen MR) is 409 cm³/mol. The molecule has 19 heteroatoms. The van der Waals surface area contributed by atoms with Crippen molar-refractivity contribution in [2.45, 2.75) is 445 Å². The Morgan fingerprint density at radius 3 is 0.760 bits per heavy atom. The van der Waals surface area contributed by atoms with Crippen LogP contribution in [0.1, 0.15) is 427 Å². The molecule has 0 aromatic rings. The first-order chi connectivity index (χ1) is 48.4. The first-order valence-electron chi connectivity index (χ1n) is 42.0. The van der Waals surface area contributed by atoms with Crippen molar-refractivity contribution in [2.75, 3.05) is 39.6 Å². The Hall–Kier alpha value is -1.94. The third-order valence-electron chi connectivity index (χ3n) is 19.3. The zero-order chi connectivity index (χ0) is 73.5. The van der Waals surface area contributed by atoms with Gasteiger partial charge in [-0.05, 0) is 37.5 Å². The van der Waals surface area contributed by atoms with Crippen molar-refractivity contribution in [3.63, 3.8) is 0 Å². The van der Waals surface area contributed by atoms with Gasteiger partial charge < -0.3 is 33.8 Å². The number of ether oxygens (including phenoxy) is 4. The van der Waals surface area contributed by atoms with Crippen LogP contribution in [-0.4, -0.2) is 96.7 Å². The van der Waals surface area contributed by atoms with E-state index in [4.69, 9.17) is 37.0 Å².